The number of benzene rings is 2. The van der Waals surface area contributed by atoms with Gasteiger partial charge in [-0.25, -0.2) is 10.0 Å². The molecule has 0 spiro atoms. The van der Waals surface area contributed by atoms with Crippen molar-refractivity contribution in [3.63, 3.8) is 0 Å². The highest BCUT2D eigenvalue weighted by molar-refractivity contribution is 6.43. The molecule has 0 aromatic heterocycles. The van der Waals surface area contributed by atoms with E-state index in [4.69, 9.17) is 0 Å². The van der Waals surface area contributed by atoms with Crippen molar-refractivity contribution in [2.45, 2.75) is 25.8 Å². The zero-order chi connectivity index (χ0) is 19.7. The summed E-state index contributed by atoms with van der Waals surface area (Å²) in [7, 11) is 0. The molecule has 0 radical (unpaired) electrons. The fraction of sp³-hybridized carbons (Fsp3) is 0.200. The summed E-state index contributed by atoms with van der Waals surface area (Å²) in [4.78, 5) is 40.8. The van der Waals surface area contributed by atoms with Gasteiger partial charge in [-0.3, -0.25) is 19.8 Å². The first-order chi connectivity index (χ1) is 13.5. The van der Waals surface area contributed by atoms with Crippen molar-refractivity contribution in [2.75, 3.05) is 15.6 Å². The number of para-hydroxylation sites is 1. The number of carbonyl (C=O) groups excluding carboxylic acids is 3. The lowest BCUT2D eigenvalue weighted by Crippen LogP contribution is -2.57. The van der Waals surface area contributed by atoms with Crippen LogP contribution in [0.25, 0.3) is 0 Å². The van der Waals surface area contributed by atoms with E-state index in [1.54, 1.807) is 31.2 Å². The number of rotatable bonds is 3. The topological polar surface area (TPSA) is 103 Å². The normalized spacial score (nSPS) is 18.5. The van der Waals surface area contributed by atoms with Gasteiger partial charge in [0.05, 0.1) is 5.69 Å². The Labute approximate surface area is 161 Å². The second-order valence-electron chi connectivity index (χ2n) is 6.65. The van der Waals surface area contributed by atoms with Gasteiger partial charge in [-0.2, -0.15) is 0 Å². The second-order valence-corrected chi connectivity index (χ2v) is 6.65. The molecule has 8 heteroatoms. The molecule has 0 saturated carbocycles. The highest BCUT2D eigenvalue weighted by Gasteiger charge is 2.30. The number of hydrogen-bond acceptors (Lipinski definition) is 5. The molecule has 2 aliphatic heterocycles. The third kappa shape index (κ3) is 3.44. The third-order valence-electron chi connectivity index (χ3n) is 4.61. The van der Waals surface area contributed by atoms with Crippen LogP contribution in [0.5, 0.6) is 0 Å². The Morgan fingerprint density at radius 2 is 1.93 bits per heavy atom. The van der Waals surface area contributed by atoms with Gasteiger partial charge >= 0.3 is 0 Å². The zero-order valence-corrected chi connectivity index (χ0v) is 15.2. The van der Waals surface area contributed by atoms with E-state index >= 15 is 0 Å². The minimum Gasteiger partial charge on any atom is -0.326 e. The van der Waals surface area contributed by atoms with E-state index < -0.39 is 11.9 Å². The molecule has 1 atom stereocenters. The predicted molar refractivity (Wildman–Crippen MR) is 106 cm³/mol. The van der Waals surface area contributed by atoms with Crippen molar-refractivity contribution in [1.29, 1.82) is 0 Å². The van der Waals surface area contributed by atoms with Crippen molar-refractivity contribution in [3.8, 4) is 0 Å². The van der Waals surface area contributed by atoms with Gasteiger partial charge in [0, 0.05) is 17.8 Å². The summed E-state index contributed by atoms with van der Waals surface area (Å²) in [6, 6.07) is 13.7. The molecule has 8 nitrogen and oxygen atoms in total. The van der Waals surface area contributed by atoms with E-state index in [2.05, 4.69) is 21.1 Å². The average Bonchev–Trinajstić information content (AvgIpc) is 2.70. The molecule has 3 N–H and O–H groups in total. The summed E-state index contributed by atoms with van der Waals surface area (Å²) in [6.07, 6.45) is 1.04. The Morgan fingerprint density at radius 1 is 1.14 bits per heavy atom. The molecule has 4 rings (SSSR count). The predicted octanol–water partition coefficient (Wildman–Crippen LogP) is 1.85. The van der Waals surface area contributed by atoms with E-state index in [9.17, 15) is 14.4 Å². The molecule has 2 aliphatic rings. The number of nitrogens with zero attached hydrogens (tertiary/aromatic N) is 2. The Hall–Kier alpha value is -3.68. The smallest absolute Gasteiger partial charge is 0.292 e. The highest BCUT2D eigenvalue weighted by Crippen LogP contribution is 2.25. The van der Waals surface area contributed by atoms with Gasteiger partial charge in [-0.15, -0.1) is 0 Å². The van der Waals surface area contributed by atoms with Crippen molar-refractivity contribution in [3.05, 3.63) is 54.1 Å². The van der Waals surface area contributed by atoms with Crippen molar-refractivity contribution in [1.82, 2.24) is 5.43 Å². The number of fused-ring (bicyclic) bond motifs is 1. The number of hydrazine groups is 1. The lowest BCUT2D eigenvalue weighted by Gasteiger charge is -2.30. The lowest BCUT2D eigenvalue weighted by molar-refractivity contribution is -0.120. The largest absolute Gasteiger partial charge is 0.326 e. The number of aliphatic imine (C=N–C) groups is 1. The van der Waals surface area contributed by atoms with Gasteiger partial charge in [0.25, 0.3) is 11.8 Å². The van der Waals surface area contributed by atoms with Gasteiger partial charge in [-0.1, -0.05) is 18.2 Å². The van der Waals surface area contributed by atoms with Crippen LogP contribution in [0.2, 0.25) is 0 Å². The third-order valence-corrected chi connectivity index (χ3v) is 4.61. The van der Waals surface area contributed by atoms with Gasteiger partial charge in [-0.05, 0) is 49.2 Å². The molecule has 3 amide bonds. The van der Waals surface area contributed by atoms with Crippen LogP contribution in [0, 0.1) is 0 Å². The molecule has 1 unspecified atom stereocenters. The van der Waals surface area contributed by atoms with Crippen molar-refractivity contribution < 1.29 is 14.4 Å². The number of carbonyl (C=O) groups is 3. The maximum absolute atomic E-state index is 12.7. The SMILES string of the molecule is CC1N=C(C(=O)Nc2ccc3c(c2)CCC(=O)N3)NN(c2ccccc2)C1=O. The van der Waals surface area contributed by atoms with E-state index in [-0.39, 0.29) is 17.6 Å². The molecule has 2 aromatic rings. The van der Waals surface area contributed by atoms with Gasteiger partial charge in [0.15, 0.2) is 0 Å². The molecule has 28 heavy (non-hydrogen) atoms. The molecule has 0 fully saturated rings. The minimum atomic E-state index is -0.680. The number of nitrogens with one attached hydrogen (secondary N) is 3. The summed E-state index contributed by atoms with van der Waals surface area (Å²) < 4.78 is 0. The van der Waals surface area contributed by atoms with Crippen molar-refractivity contribution in [2.24, 2.45) is 4.99 Å². The number of amides is 3. The minimum absolute atomic E-state index is 0.00953. The highest BCUT2D eigenvalue weighted by atomic mass is 16.2. The van der Waals surface area contributed by atoms with E-state index in [1.165, 1.54) is 5.01 Å². The van der Waals surface area contributed by atoms with Crippen LogP contribution in [-0.2, 0) is 20.8 Å². The monoisotopic (exact) mass is 377 g/mol. The van der Waals surface area contributed by atoms with Crippen LogP contribution in [0.1, 0.15) is 18.9 Å². The summed E-state index contributed by atoms with van der Waals surface area (Å²) in [5.41, 5.74) is 5.75. The number of anilines is 3. The van der Waals surface area contributed by atoms with Crippen LogP contribution in [-0.4, -0.2) is 29.6 Å². The second kappa shape index (κ2) is 7.15. The number of amidine groups is 1. The van der Waals surface area contributed by atoms with Crippen LogP contribution >= 0.6 is 0 Å². The maximum Gasteiger partial charge on any atom is 0.292 e. The summed E-state index contributed by atoms with van der Waals surface area (Å²) in [5, 5.41) is 6.93. The van der Waals surface area contributed by atoms with Crippen LogP contribution < -0.4 is 21.1 Å². The van der Waals surface area contributed by atoms with E-state index in [0.717, 1.165) is 11.3 Å². The van der Waals surface area contributed by atoms with Crippen LogP contribution in [0.3, 0.4) is 0 Å². The van der Waals surface area contributed by atoms with E-state index in [0.29, 0.717) is 24.2 Å². The zero-order valence-electron chi connectivity index (χ0n) is 15.2. The lowest BCUT2D eigenvalue weighted by atomic mass is 10.0. The molecule has 0 aliphatic carbocycles. The Kier molecular flexibility index (Phi) is 4.52. The Balaban J connectivity index is 1.52. The first kappa shape index (κ1) is 17.7. The van der Waals surface area contributed by atoms with Gasteiger partial charge in [0.1, 0.15) is 6.04 Å². The van der Waals surface area contributed by atoms with Crippen LogP contribution in [0.4, 0.5) is 17.1 Å². The van der Waals surface area contributed by atoms with Gasteiger partial charge < -0.3 is 10.6 Å². The Bertz CT molecular complexity index is 987. The quantitative estimate of drug-likeness (QED) is 0.759. The molecule has 0 bridgehead atoms. The summed E-state index contributed by atoms with van der Waals surface area (Å²) in [5.74, 6) is -0.640. The van der Waals surface area contributed by atoms with Crippen molar-refractivity contribution >= 4 is 40.6 Å². The molecular formula is C20H19N5O3. The summed E-state index contributed by atoms with van der Waals surface area (Å²) in [6.45, 7) is 1.65. The van der Waals surface area contributed by atoms with Gasteiger partial charge in [0.2, 0.25) is 11.7 Å². The Morgan fingerprint density at radius 3 is 2.71 bits per heavy atom. The molecule has 0 saturated heterocycles. The fourth-order valence-electron chi connectivity index (χ4n) is 3.16. The number of aryl methyl sites for hydroxylation is 1. The standard InChI is InChI=1S/C20H19N5O3/c1-12-20(28)25(15-5-3-2-4-6-15)24-18(21-12)19(27)22-14-8-9-16-13(11-14)7-10-17(26)23-16/h2-6,8-9,11-12H,7,10H2,1H3,(H,21,24)(H,22,27)(H,23,26). The molecular weight excluding hydrogens is 358 g/mol. The first-order valence-corrected chi connectivity index (χ1v) is 8.99. The van der Waals surface area contributed by atoms with Crippen LogP contribution in [0.15, 0.2) is 53.5 Å². The molecule has 2 aromatic carbocycles. The average molecular weight is 377 g/mol. The maximum atomic E-state index is 12.7. The molecule has 2 heterocycles. The number of hydrogen-bond donors (Lipinski definition) is 3. The fourth-order valence-corrected chi connectivity index (χ4v) is 3.16. The first-order valence-electron chi connectivity index (χ1n) is 8.99. The summed E-state index contributed by atoms with van der Waals surface area (Å²) >= 11 is 0. The van der Waals surface area contributed by atoms with E-state index in [1.807, 2.05) is 24.3 Å². The molecule has 142 valence electrons.